The Kier molecular flexibility index (Phi) is 3.63. The molecule has 0 atom stereocenters. The van der Waals surface area contributed by atoms with Crippen LogP contribution in [0, 0.1) is 12.7 Å². The Bertz CT molecular complexity index is 588. The van der Waals surface area contributed by atoms with Crippen LogP contribution in [0.1, 0.15) is 24.4 Å². The van der Waals surface area contributed by atoms with Gasteiger partial charge in [0.1, 0.15) is 17.3 Å². The van der Waals surface area contributed by atoms with Crippen molar-refractivity contribution >= 4 is 11.4 Å². The standard InChI is InChI=1S/C16H19FN2O/c1-12-4-6-14(20-12)11-18-13-5-7-16(15(17)10-13)19-8-2-3-9-19/h4-7,10,18H,2-3,8-9,11H2,1H3. The highest BCUT2D eigenvalue weighted by Crippen LogP contribution is 2.26. The Hall–Kier alpha value is -1.97. The second-order valence-corrected chi connectivity index (χ2v) is 5.23. The predicted octanol–water partition coefficient (Wildman–Crippen LogP) is 3.94. The lowest BCUT2D eigenvalue weighted by atomic mass is 10.2. The quantitative estimate of drug-likeness (QED) is 0.915. The summed E-state index contributed by atoms with van der Waals surface area (Å²) < 4.78 is 19.6. The molecule has 0 bridgehead atoms. The highest BCUT2D eigenvalue weighted by Gasteiger charge is 2.16. The minimum absolute atomic E-state index is 0.160. The predicted molar refractivity (Wildman–Crippen MR) is 78.6 cm³/mol. The van der Waals surface area contributed by atoms with Crippen molar-refractivity contribution in [3.8, 4) is 0 Å². The summed E-state index contributed by atoms with van der Waals surface area (Å²) in [6.07, 6.45) is 2.30. The first kappa shape index (κ1) is 13.0. The zero-order chi connectivity index (χ0) is 13.9. The molecule has 3 rings (SSSR count). The van der Waals surface area contributed by atoms with Crippen LogP contribution < -0.4 is 10.2 Å². The second kappa shape index (κ2) is 5.57. The van der Waals surface area contributed by atoms with Crippen LogP contribution in [0.3, 0.4) is 0 Å². The lowest BCUT2D eigenvalue weighted by Gasteiger charge is -2.19. The zero-order valence-electron chi connectivity index (χ0n) is 11.7. The first-order valence-electron chi connectivity index (χ1n) is 7.06. The van der Waals surface area contributed by atoms with Crippen molar-refractivity contribution in [1.82, 2.24) is 0 Å². The molecule has 1 aromatic carbocycles. The smallest absolute Gasteiger partial charge is 0.148 e. The monoisotopic (exact) mass is 274 g/mol. The van der Waals surface area contributed by atoms with E-state index in [2.05, 4.69) is 10.2 Å². The molecular formula is C16H19FN2O. The van der Waals surface area contributed by atoms with Crippen LogP contribution in [0.5, 0.6) is 0 Å². The molecule has 2 heterocycles. The number of hydrogen-bond donors (Lipinski definition) is 1. The van der Waals surface area contributed by atoms with Crippen molar-refractivity contribution in [2.24, 2.45) is 0 Å². The second-order valence-electron chi connectivity index (χ2n) is 5.23. The number of benzene rings is 1. The maximum atomic E-state index is 14.1. The first-order valence-corrected chi connectivity index (χ1v) is 7.06. The van der Waals surface area contributed by atoms with Gasteiger partial charge in [0.25, 0.3) is 0 Å². The highest BCUT2D eigenvalue weighted by molar-refractivity contribution is 5.56. The zero-order valence-corrected chi connectivity index (χ0v) is 11.7. The van der Waals surface area contributed by atoms with Crippen LogP contribution in [-0.4, -0.2) is 13.1 Å². The van der Waals surface area contributed by atoms with Gasteiger partial charge in [0.15, 0.2) is 0 Å². The number of nitrogens with zero attached hydrogens (tertiary/aromatic N) is 1. The fourth-order valence-corrected chi connectivity index (χ4v) is 2.60. The molecular weight excluding hydrogens is 255 g/mol. The molecule has 0 spiro atoms. The summed E-state index contributed by atoms with van der Waals surface area (Å²) in [6.45, 7) is 4.38. The average Bonchev–Trinajstić information content (AvgIpc) is 3.08. The van der Waals surface area contributed by atoms with Gasteiger partial charge in [-0.1, -0.05) is 0 Å². The number of aryl methyl sites for hydroxylation is 1. The summed E-state index contributed by atoms with van der Waals surface area (Å²) in [5.41, 5.74) is 1.49. The largest absolute Gasteiger partial charge is 0.465 e. The van der Waals surface area contributed by atoms with E-state index in [4.69, 9.17) is 4.42 Å². The van der Waals surface area contributed by atoms with E-state index in [-0.39, 0.29) is 5.82 Å². The summed E-state index contributed by atoms with van der Waals surface area (Å²) in [5, 5.41) is 3.18. The molecule has 0 radical (unpaired) electrons. The van der Waals surface area contributed by atoms with Crippen molar-refractivity contribution in [3.05, 3.63) is 47.7 Å². The third kappa shape index (κ3) is 2.79. The Morgan fingerprint density at radius 3 is 2.65 bits per heavy atom. The molecule has 1 aliphatic heterocycles. The fourth-order valence-electron chi connectivity index (χ4n) is 2.60. The van der Waals surface area contributed by atoms with Crippen molar-refractivity contribution in [3.63, 3.8) is 0 Å². The Morgan fingerprint density at radius 2 is 2.00 bits per heavy atom. The fraction of sp³-hybridized carbons (Fsp3) is 0.375. The summed E-state index contributed by atoms with van der Waals surface area (Å²) in [7, 11) is 0. The van der Waals surface area contributed by atoms with E-state index in [1.165, 1.54) is 0 Å². The summed E-state index contributed by atoms with van der Waals surface area (Å²) in [4.78, 5) is 2.11. The van der Waals surface area contributed by atoms with Crippen LogP contribution in [0.2, 0.25) is 0 Å². The van der Waals surface area contributed by atoms with Gasteiger partial charge < -0.3 is 14.6 Å². The van der Waals surface area contributed by atoms with E-state index in [9.17, 15) is 4.39 Å². The van der Waals surface area contributed by atoms with Gasteiger partial charge >= 0.3 is 0 Å². The van der Waals surface area contributed by atoms with Crippen LogP contribution in [-0.2, 0) is 6.54 Å². The molecule has 1 fully saturated rings. The minimum Gasteiger partial charge on any atom is -0.465 e. The average molecular weight is 274 g/mol. The van der Waals surface area contributed by atoms with E-state index >= 15 is 0 Å². The summed E-state index contributed by atoms with van der Waals surface area (Å²) in [5.74, 6) is 1.58. The van der Waals surface area contributed by atoms with Gasteiger partial charge in [-0.25, -0.2) is 4.39 Å². The van der Waals surface area contributed by atoms with E-state index in [0.717, 1.165) is 43.1 Å². The SMILES string of the molecule is Cc1ccc(CNc2ccc(N3CCCC3)c(F)c2)o1. The van der Waals surface area contributed by atoms with E-state index < -0.39 is 0 Å². The lowest BCUT2D eigenvalue weighted by Crippen LogP contribution is -2.18. The van der Waals surface area contributed by atoms with Crippen molar-refractivity contribution in [2.75, 3.05) is 23.3 Å². The maximum absolute atomic E-state index is 14.1. The van der Waals surface area contributed by atoms with Gasteiger partial charge in [0, 0.05) is 18.8 Å². The van der Waals surface area contributed by atoms with Crippen molar-refractivity contribution in [2.45, 2.75) is 26.3 Å². The Labute approximate surface area is 118 Å². The molecule has 20 heavy (non-hydrogen) atoms. The van der Waals surface area contributed by atoms with Crippen molar-refractivity contribution in [1.29, 1.82) is 0 Å². The van der Waals surface area contributed by atoms with Crippen LogP contribution in [0.4, 0.5) is 15.8 Å². The number of hydrogen-bond acceptors (Lipinski definition) is 3. The molecule has 0 aliphatic carbocycles. The number of halogens is 1. The third-order valence-electron chi connectivity index (χ3n) is 3.66. The third-order valence-corrected chi connectivity index (χ3v) is 3.66. The molecule has 3 nitrogen and oxygen atoms in total. The maximum Gasteiger partial charge on any atom is 0.148 e. The van der Waals surface area contributed by atoms with Crippen molar-refractivity contribution < 1.29 is 8.81 Å². The number of rotatable bonds is 4. The van der Waals surface area contributed by atoms with E-state index in [1.807, 2.05) is 31.2 Å². The van der Waals surface area contributed by atoms with Gasteiger partial charge in [0.05, 0.1) is 12.2 Å². The van der Waals surface area contributed by atoms with Gasteiger partial charge in [-0.3, -0.25) is 0 Å². The number of furan rings is 1. The number of anilines is 2. The first-order chi connectivity index (χ1) is 9.72. The van der Waals surface area contributed by atoms with Gasteiger partial charge in [-0.2, -0.15) is 0 Å². The molecule has 1 N–H and O–H groups in total. The van der Waals surface area contributed by atoms with E-state index in [0.29, 0.717) is 12.2 Å². The topological polar surface area (TPSA) is 28.4 Å². The Morgan fingerprint density at radius 1 is 1.20 bits per heavy atom. The van der Waals surface area contributed by atoms with Gasteiger partial charge in [-0.15, -0.1) is 0 Å². The Balaban J connectivity index is 1.67. The molecule has 0 unspecified atom stereocenters. The van der Waals surface area contributed by atoms with Crippen LogP contribution in [0.25, 0.3) is 0 Å². The van der Waals surface area contributed by atoms with Gasteiger partial charge in [-0.05, 0) is 50.1 Å². The van der Waals surface area contributed by atoms with E-state index in [1.54, 1.807) is 6.07 Å². The van der Waals surface area contributed by atoms with Crippen LogP contribution in [0.15, 0.2) is 34.7 Å². The highest BCUT2D eigenvalue weighted by atomic mass is 19.1. The molecule has 0 amide bonds. The van der Waals surface area contributed by atoms with Gasteiger partial charge in [0.2, 0.25) is 0 Å². The molecule has 4 heteroatoms. The summed E-state index contributed by atoms with van der Waals surface area (Å²) in [6, 6.07) is 9.19. The molecule has 106 valence electrons. The summed E-state index contributed by atoms with van der Waals surface area (Å²) >= 11 is 0. The minimum atomic E-state index is -0.160. The molecule has 1 aromatic heterocycles. The molecule has 1 aliphatic rings. The molecule has 1 saturated heterocycles. The number of nitrogens with one attached hydrogen (secondary N) is 1. The normalized spacial score (nSPS) is 14.8. The molecule has 2 aromatic rings. The lowest BCUT2D eigenvalue weighted by molar-refractivity contribution is 0.490. The molecule has 0 saturated carbocycles. The van der Waals surface area contributed by atoms with Crippen LogP contribution >= 0.6 is 0 Å².